The molecule has 4 rings (SSSR count). The van der Waals surface area contributed by atoms with Crippen LogP contribution in [-0.2, 0) is 4.74 Å². The molecule has 1 aliphatic rings. The number of anilines is 3. The Morgan fingerprint density at radius 1 is 0.936 bits per heavy atom. The van der Waals surface area contributed by atoms with Gasteiger partial charge in [-0.25, -0.2) is 9.59 Å². The van der Waals surface area contributed by atoms with Gasteiger partial charge in [0.1, 0.15) is 5.75 Å². The minimum atomic E-state index is -0.527. The fourth-order valence-electron chi connectivity index (χ4n) is 5.37. The molecule has 0 unspecified atom stereocenters. The molecule has 0 radical (unpaired) electrons. The van der Waals surface area contributed by atoms with Crippen molar-refractivity contribution >= 4 is 35.0 Å². The molecule has 1 aliphatic heterocycles. The van der Waals surface area contributed by atoms with Crippen LogP contribution >= 0.6 is 0 Å². The molecule has 0 spiro atoms. The van der Waals surface area contributed by atoms with E-state index in [4.69, 9.17) is 9.47 Å². The minimum absolute atomic E-state index is 0.184. The van der Waals surface area contributed by atoms with Crippen LogP contribution in [0.15, 0.2) is 78.9 Å². The van der Waals surface area contributed by atoms with Crippen molar-refractivity contribution in [1.29, 1.82) is 0 Å². The third-order valence-electron chi connectivity index (χ3n) is 8.17. The molecule has 0 saturated carbocycles. The van der Waals surface area contributed by atoms with Crippen LogP contribution in [0.1, 0.15) is 50.4 Å². The van der Waals surface area contributed by atoms with E-state index in [9.17, 15) is 19.5 Å². The number of amides is 5. The first-order valence-corrected chi connectivity index (χ1v) is 16.2. The van der Waals surface area contributed by atoms with E-state index in [-0.39, 0.29) is 48.8 Å². The number of benzene rings is 3. The van der Waals surface area contributed by atoms with E-state index in [1.807, 2.05) is 62.4 Å². The molecule has 0 aliphatic carbocycles. The second kappa shape index (κ2) is 17.3. The van der Waals surface area contributed by atoms with E-state index in [1.54, 1.807) is 54.1 Å². The van der Waals surface area contributed by atoms with Crippen LogP contribution in [0.25, 0.3) is 0 Å². The zero-order valence-electron chi connectivity index (χ0n) is 27.6. The summed E-state index contributed by atoms with van der Waals surface area (Å²) in [4.78, 5) is 43.3. The number of fused-ring (bicyclic) bond motifs is 1. The van der Waals surface area contributed by atoms with Crippen molar-refractivity contribution in [1.82, 2.24) is 9.80 Å². The molecule has 0 aromatic heterocycles. The van der Waals surface area contributed by atoms with Gasteiger partial charge in [-0.15, -0.1) is 0 Å². The van der Waals surface area contributed by atoms with Gasteiger partial charge in [-0.3, -0.25) is 4.79 Å². The number of hydrogen-bond acceptors (Lipinski definition) is 6. The van der Waals surface area contributed by atoms with Crippen LogP contribution in [0.4, 0.5) is 26.7 Å². The Morgan fingerprint density at radius 2 is 1.57 bits per heavy atom. The number of carbonyl (C=O) groups excluding carboxylic acids is 3. The van der Waals surface area contributed by atoms with E-state index in [1.165, 1.54) is 0 Å². The number of aliphatic hydroxyl groups excluding tert-OH is 1. The number of hydrogen-bond donors (Lipinski definition) is 4. The molecule has 11 heteroatoms. The fourth-order valence-corrected chi connectivity index (χ4v) is 5.37. The number of nitrogens with one attached hydrogen (secondary N) is 3. The number of likely N-dealkylation sites (N-methyl/N-ethyl adjacent to an activating group) is 1. The molecule has 1 heterocycles. The Morgan fingerprint density at radius 3 is 2.23 bits per heavy atom. The highest BCUT2D eigenvalue weighted by molar-refractivity contribution is 6.02. The number of carbonyl (C=O) groups is 3. The SMILES string of the molecule is C[C@H](CO)N1C[C@H](C)[C@H](CN(C)C(=O)Nc2ccccc2)OCCCC[C@H](C)Oc2ccc(NC(=O)Nc3ccccc3)cc2C1=O. The molecule has 3 aromatic rings. The lowest BCUT2D eigenvalue weighted by Gasteiger charge is -2.35. The fraction of sp³-hybridized carbons (Fsp3) is 0.417. The third kappa shape index (κ3) is 10.5. The number of urea groups is 2. The highest BCUT2D eigenvalue weighted by atomic mass is 16.5. The number of rotatable bonds is 7. The normalized spacial score (nSPS) is 19.7. The highest BCUT2D eigenvalue weighted by Crippen LogP contribution is 2.29. The number of aliphatic hydroxyl groups is 1. The molecule has 0 bridgehead atoms. The smallest absolute Gasteiger partial charge is 0.323 e. The summed E-state index contributed by atoms with van der Waals surface area (Å²) in [5.74, 6) is -0.149. The molecular formula is C36H47N5O6. The maximum Gasteiger partial charge on any atom is 0.323 e. The number of nitrogens with zero attached hydrogens (tertiary/aromatic N) is 2. The quantitative estimate of drug-likeness (QED) is 0.239. The van der Waals surface area contributed by atoms with Gasteiger partial charge in [0.15, 0.2) is 0 Å². The highest BCUT2D eigenvalue weighted by Gasteiger charge is 2.31. The molecule has 5 amide bonds. The van der Waals surface area contributed by atoms with Gasteiger partial charge in [0.25, 0.3) is 5.91 Å². The summed E-state index contributed by atoms with van der Waals surface area (Å²) in [5.41, 5.74) is 2.02. The van der Waals surface area contributed by atoms with Gasteiger partial charge >= 0.3 is 12.1 Å². The first-order chi connectivity index (χ1) is 22.6. The molecule has 4 atom stereocenters. The molecule has 47 heavy (non-hydrogen) atoms. The Hall–Kier alpha value is -4.61. The van der Waals surface area contributed by atoms with E-state index in [0.717, 1.165) is 19.3 Å². The largest absolute Gasteiger partial charge is 0.490 e. The summed E-state index contributed by atoms with van der Waals surface area (Å²) in [6.45, 7) is 6.51. The maximum absolute atomic E-state index is 14.3. The van der Waals surface area contributed by atoms with Crippen LogP contribution < -0.4 is 20.7 Å². The molecular weight excluding hydrogens is 598 g/mol. The van der Waals surface area contributed by atoms with E-state index >= 15 is 0 Å². The van der Waals surface area contributed by atoms with Crippen LogP contribution in [0, 0.1) is 5.92 Å². The molecule has 0 saturated heterocycles. The first-order valence-electron chi connectivity index (χ1n) is 16.2. The minimum Gasteiger partial charge on any atom is -0.490 e. The Bertz CT molecular complexity index is 1460. The van der Waals surface area contributed by atoms with Gasteiger partial charge < -0.3 is 40.3 Å². The predicted octanol–water partition coefficient (Wildman–Crippen LogP) is 6.29. The van der Waals surface area contributed by atoms with Gasteiger partial charge in [-0.1, -0.05) is 43.3 Å². The zero-order chi connectivity index (χ0) is 33.8. The van der Waals surface area contributed by atoms with Gasteiger partial charge in [0.05, 0.1) is 30.4 Å². The molecule has 0 fully saturated rings. The predicted molar refractivity (Wildman–Crippen MR) is 184 cm³/mol. The average Bonchev–Trinajstić information content (AvgIpc) is 3.06. The van der Waals surface area contributed by atoms with Crippen molar-refractivity contribution in [3.8, 4) is 5.75 Å². The summed E-state index contributed by atoms with van der Waals surface area (Å²) >= 11 is 0. The zero-order valence-corrected chi connectivity index (χ0v) is 27.6. The third-order valence-corrected chi connectivity index (χ3v) is 8.17. The average molecular weight is 646 g/mol. The second-order valence-corrected chi connectivity index (χ2v) is 12.1. The van der Waals surface area contributed by atoms with Crippen molar-refractivity contribution in [3.05, 3.63) is 84.4 Å². The molecule has 4 N–H and O–H groups in total. The molecule has 252 valence electrons. The lowest BCUT2D eigenvalue weighted by Crippen LogP contribution is -2.48. The monoisotopic (exact) mass is 645 g/mol. The summed E-state index contributed by atoms with van der Waals surface area (Å²) < 4.78 is 12.6. The topological polar surface area (TPSA) is 132 Å². The lowest BCUT2D eigenvalue weighted by atomic mass is 10.0. The number of ether oxygens (including phenoxy) is 2. The van der Waals surface area contributed by atoms with Crippen LogP contribution in [-0.4, -0.2) is 84.5 Å². The van der Waals surface area contributed by atoms with Crippen molar-refractivity contribution < 1.29 is 29.0 Å². The first kappa shape index (κ1) is 35.2. The van der Waals surface area contributed by atoms with Crippen LogP contribution in [0.5, 0.6) is 5.75 Å². The Balaban J connectivity index is 1.58. The van der Waals surface area contributed by atoms with Crippen molar-refractivity contribution in [3.63, 3.8) is 0 Å². The lowest BCUT2D eigenvalue weighted by molar-refractivity contribution is -0.0115. The summed E-state index contributed by atoms with van der Waals surface area (Å²) in [7, 11) is 1.72. The standard InChI is InChI=1S/C36H47N5O6/c1-25-22-41(26(2)24-42)34(43)31-21-30(38-35(44)37-28-14-7-5-8-15-28)18-19-32(31)47-27(3)13-11-12-20-46-33(25)23-40(4)36(45)39-29-16-9-6-10-17-29/h5-10,14-19,21,25-27,33,42H,11-13,20,22-24H2,1-4H3,(H,39,45)(H2,37,38,44)/t25-,26+,27-,33-/m0/s1. The van der Waals surface area contributed by atoms with Gasteiger partial charge in [0, 0.05) is 49.7 Å². The Kier molecular flexibility index (Phi) is 13.0. The summed E-state index contributed by atoms with van der Waals surface area (Å²) in [5, 5.41) is 18.7. The van der Waals surface area contributed by atoms with E-state index < -0.39 is 12.1 Å². The molecule has 3 aromatic carbocycles. The van der Waals surface area contributed by atoms with Crippen molar-refractivity contribution in [2.45, 2.75) is 58.3 Å². The summed E-state index contributed by atoms with van der Waals surface area (Å²) in [6.07, 6.45) is 1.83. The molecule has 11 nitrogen and oxygen atoms in total. The Labute approximate surface area is 277 Å². The van der Waals surface area contributed by atoms with Crippen molar-refractivity contribution in [2.75, 3.05) is 49.3 Å². The number of para-hydroxylation sites is 2. The van der Waals surface area contributed by atoms with Crippen LogP contribution in [0.2, 0.25) is 0 Å². The summed E-state index contributed by atoms with van der Waals surface area (Å²) in [6, 6.07) is 22.1. The van der Waals surface area contributed by atoms with Gasteiger partial charge in [-0.05, 0) is 75.6 Å². The van der Waals surface area contributed by atoms with E-state index in [0.29, 0.717) is 36.0 Å². The maximum atomic E-state index is 14.3. The van der Waals surface area contributed by atoms with E-state index in [2.05, 4.69) is 16.0 Å². The van der Waals surface area contributed by atoms with Gasteiger partial charge in [0.2, 0.25) is 0 Å². The van der Waals surface area contributed by atoms with Crippen molar-refractivity contribution in [2.24, 2.45) is 5.92 Å². The van der Waals surface area contributed by atoms with Gasteiger partial charge in [-0.2, -0.15) is 0 Å². The second-order valence-electron chi connectivity index (χ2n) is 12.1. The van der Waals surface area contributed by atoms with Crippen LogP contribution in [0.3, 0.4) is 0 Å².